The Morgan fingerprint density at radius 3 is 2.45 bits per heavy atom. The number of hydrogen-bond donors (Lipinski definition) is 7. The molecule has 3 rings (SSSR count). The standard InChI is InChI=1S/C12H20N5O13P3/c1-12(19)8(18)7(4-27-32(23,24)30-33(25,26)29-31(20,21)22)28-9(12)6-3-14-11-10(13-2)15-5-16-17(6)11/h3,5,7-9,18-19H,4H2,1-2H3,(H,23,24)(H,25,26)(H,13,15,16)(H2,20,21,22)/t7-,8-,9+,12-/m1/s1. The van der Waals surface area contributed by atoms with Gasteiger partial charge in [0.05, 0.1) is 18.5 Å². The SMILES string of the molecule is CNc1ncnn2c([C@@H]3O[C@H](COP(=O)(O)OP(=O)(O)OP(=O)(O)O)[C@@H](O)[C@@]3(C)O)cnc12. The van der Waals surface area contributed by atoms with Crippen LogP contribution >= 0.6 is 23.5 Å². The van der Waals surface area contributed by atoms with Crippen molar-refractivity contribution >= 4 is 34.9 Å². The highest BCUT2D eigenvalue weighted by Crippen LogP contribution is 2.66. The van der Waals surface area contributed by atoms with E-state index in [1.54, 1.807) is 7.05 Å². The van der Waals surface area contributed by atoms with Crippen LogP contribution in [0.15, 0.2) is 12.5 Å². The van der Waals surface area contributed by atoms with Crippen molar-refractivity contribution < 1.29 is 61.4 Å². The van der Waals surface area contributed by atoms with Gasteiger partial charge in [0, 0.05) is 7.05 Å². The van der Waals surface area contributed by atoms with Crippen molar-refractivity contribution in [2.75, 3.05) is 19.0 Å². The molecule has 186 valence electrons. The third-order valence-corrected chi connectivity index (χ3v) is 8.25. The minimum atomic E-state index is -5.71. The summed E-state index contributed by atoms with van der Waals surface area (Å²) in [5, 5.41) is 28.1. The van der Waals surface area contributed by atoms with Gasteiger partial charge in [-0.1, -0.05) is 0 Å². The Bertz CT molecular complexity index is 1170. The molecule has 0 amide bonds. The van der Waals surface area contributed by atoms with E-state index >= 15 is 0 Å². The zero-order chi connectivity index (χ0) is 24.8. The topological polar surface area (TPSA) is 265 Å². The number of aliphatic hydroxyl groups is 2. The second-order valence-electron chi connectivity index (χ2n) is 6.89. The van der Waals surface area contributed by atoms with E-state index in [1.165, 1.54) is 24.0 Å². The zero-order valence-electron chi connectivity index (χ0n) is 16.8. The molecule has 2 unspecified atom stereocenters. The highest BCUT2D eigenvalue weighted by atomic mass is 31.3. The van der Waals surface area contributed by atoms with Gasteiger partial charge in [0.25, 0.3) is 0 Å². The second-order valence-corrected chi connectivity index (χ2v) is 11.3. The second kappa shape index (κ2) is 9.02. The Hall–Kier alpha value is -1.36. The van der Waals surface area contributed by atoms with E-state index in [0.29, 0.717) is 5.82 Å². The van der Waals surface area contributed by atoms with Crippen molar-refractivity contribution in [1.29, 1.82) is 0 Å². The number of anilines is 1. The first-order chi connectivity index (χ1) is 15.1. The molecule has 21 heteroatoms. The largest absolute Gasteiger partial charge is 0.490 e. The molecule has 0 spiro atoms. The lowest BCUT2D eigenvalue weighted by Crippen LogP contribution is -2.43. The van der Waals surface area contributed by atoms with Gasteiger partial charge in [0.2, 0.25) is 0 Å². The van der Waals surface area contributed by atoms with Crippen LogP contribution in [-0.2, 0) is 31.6 Å². The Morgan fingerprint density at radius 1 is 1.18 bits per heavy atom. The van der Waals surface area contributed by atoms with E-state index in [-0.39, 0.29) is 11.3 Å². The number of imidazole rings is 1. The summed E-state index contributed by atoms with van der Waals surface area (Å²) < 4.78 is 52.5. The molecule has 1 aliphatic heterocycles. The average Bonchev–Trinajstić information content (AvgIpc) is 3.16. The van der Waals surface area contributed by atoms with Gasteiger partial charge in [-0.2, -0.15) is 13.7 Å². The van der Waals surface area contributed by atoms with Crippen molar-refractivity contribution in [3.05, 3.63) is 18.2 Å². The minimum absolute atomic E-state index is 0.189. The maximum atomic E-state index is 11.9. The van der Waals surface area contributed by atoms with Gasteiger partial charge in [0.1, 0.15) is 30.2 Å². The van der Waals surface area contributed by atoms with Crippen LogP contribution in [0.5, 0.6) is 0 Å². The number of fused-ring (bicyclic) bond motifs is 1. The third-order valence-electron chi connectivity index (χ3n) is 4.45. The average molecular weight is 535 g/mol. The van der Waals surface area contributed by atoms with Crippen LogP contribution in [-0.4, -0.2) is 80.8 Å². The molecule has 33 heavy (non-hydrogen) atoms. The molecule has 0 aliphatic carbocycles. The maximum absolute atomic E-state index is 11.9. The first kappa shape index (κ1) is 26.2. The van der Waals surface area contributed by atoms with Crippen molar-refractivity contribution in [1.82, 2.24) is 19.6 Å². The van der Waals surface area contributed by atoms with E-state index in [0.717, 1.165) is 0 Å². The first-order valence-electron chi connectivity index (χ1n) is 8.77. The third kappa shape index (κ3) is 5.83. The number of rotatable bonds is 9. The lowest BCUT2D eigenvalue weighted by molar-refractivity contribution is -0.0665. The summed E-state index contributed by atoms with van der Waals surface area (Å²) in [4.78, 5) is 44.0. The van der Waals surface area contributed by atoms with E-state index < -0.39 is 54.0 Å². The smallest absolute Gasteiger partial charge is 0.387 e. The highest BCUT2D eigenvalue weighted by molar-refractivity contribution is 7.66. The van der Waals surface area contributed by atoms with Crippen LogP contribution in [0.1, 0.15) is 18.7 Å². The molecule has 0 radical (unpaired) electrons. The Balaban J connectivity index is 1.76. The lowest BCUT2D eigenvalue weighted by Gasteiger charge is -2.26. The molecule has 0 bridgehead atoms. The lowest BCUT2D eigenvalue weighted by atomic mass is 9.91. The summed E-state index contributed by atoms with van der Waals surface area (Å²) in [7, 11) is -15.1. The summed E-state index contributed by atoms with van der Waals surface area (Å²) in [6.07, 6.45) is -1.92. The Kier molecular flexibility index (Phi) is 7.17. The molecule has 1 fully saturated rings. The van der Waals surface area contributed by atoms with Gasteiger partial charge in [-0.05, 0) is 6.92 Å². The molecule has 2 aromatic heterocycles. The summed E-state index contributed by atoms with van der Waals surface area (Å²) in [6, 6.07) is 0. The molecule has 3 heterocycles. The van der Waals surface area contributed by atoms with E-state index in [4.69, 9.17) is 14.5 Å². The minimum Gasteiger partial charge on any atom is -0.387 e. The van der Waals surface area contributed by atoms with Crippen LogP contribution in [0.4, 0.5) is 5.82 Å². The van der Waals surface area contributed by atoms with Crippen LogP contribution in [0, 0.1) is 0 Å². The van der Waals surface area contributed by atoms with Gasteiger partial charge < -0.3 is 39.8 Å². The number of nitrogens with zero attached hydrogens (tertiary/aromatic N) is 4. The molecule has 0 aromatic carbocycles. The number of aromatic nitrogens is 4. The van der Waals surface area contributed by atoms with E-state index in [9.17, 15) is 33.7 Å². The van der Waals surface area contributed by atoms with Crippen LogP contribution in [0.3, 0.4) is 0 Å². The van der Waals surface area contributed by atoms with Gasteiger partial charge in [-0.25, -0.2) is 28.2 Å². The van der Waals surface area contributed by atoms with Crippen LogP contribution in [0.2, 0.25) is 0 Å². The van der Waals surface area contributed by atoms with E-state index in [2.05, 4.69) is 33.5 Å². The summed E-state index contributed by atoms with van der Waals surface area (Å²) >= 11 is 0. The first-order valence-corrected chi connectivity index (χ1v) is 13.3. The van der Waals surface area contributed by atoms with Crippen molar-refractivity contribution in [3.63, 3.8) is 0 Å². The molecule has 7 N–H and O–H groups in total. The molecule has 6 atom stereocenters. The summed E-state index contributed by atoms with van der Waals surface area (Å²) in [5.41, 5.74) is -1.51. The Morgan fingerprint density at radius 2 is 1.85 bits per heavy atom. The van der Waals surface area contributed by atoms with Crippen molar-refractivity contribution in [2.24, 2.45) is 0 Å². The van der Waals surface area contributed by atoms with E-state index in [1.807, 2.05) is 0 Å². The summed E-state index contributed by atoms with van der Waals surface area (Å²) in [6.45, 7) is 0.262. The predicted octanol–water partition coefficient (Wildman–Crippen LogP) is -0.939. The monoisotopic (exact) mass is 535 g/mol. The number of aliphatic hydroxyl groups excluding tert-OH is 1. The maximum Gasteiger partial charge on any atom is 0.490 e. The van der Waals surface area contributed by atoms with Crippen molar-refractivity contribution in [3.8, 4) is 0 Å². The van der Waals surface area contributed by atoms with Gasteiger partial charge in [-0.3, -0.25) is 4.52 Å². The fourth-order valence-corrected chi connectivity index (χ4v) is 6.11. The highest BCUT2D eigenvalue weighted by Gasteiger charge is 2.54. The number of ether oxygens (including phenoxy) is 1. The Labute approximate surface area is 184 Å². The molecular formula is C12H20N5O13P3. The van der Waals surface area contributed by atoms with Crippen LogP contribution in [0.25, 0.3) is 5.65 Å². The van der Waals surface area contributed by atoms with Crippen molar-refractivity contribution in [2.45, 2.75) is 30.8 Å². The molecular weight excluding hydrogens is 515 g/mol. The van der Waals surface area contributed by atoms with Gasteiger partial charge >= 0.3 is 23.5 Å². The van der Waals surface area contributed by atoms with Gasteiger partial charge in [-0.15, -0.1) is 0 Å². The molecule has 0 saturated carbocycles. The number of nitrogens with one attached hydrogen (secondary N) is 1. The quantitative estimate of drug-likeness (QED) is 0.191. The molecule has 2 aromatic rings. The summed E-state index contributed by atoms with van der Waals surface area (Å²) in [5.74, 6) is 0.360. The predicted molar refractivity (Wildman–Crippen MR) is 104 cm³/mol. The fourth-order valence-electron chi connectivity index (χ4n) is 3.08. The molecule has 1 saturated heterocycles. The number of phosphoric acid groups is 3. The van der Waals surface area contributed by atoms with Gasteiger partial charge in [0.15, 0.2) is 11.5 Å². The fraction of sp³-hybridized carbons (Fsp3) is 0.583. The zero-order valence-corrected chi connectivity index (χ0v) is 19.4. The normalized spacial score (nSPS) is 29.6. The number of hydrogen-bond acceptors (Lipinski definition) is 13. The molecule has 18 nitrogen and oxygen atoms in total. The van der Waals surface area contributed by atoms with Crippen LogP contribution < -0.4 is 5.32 Å². The molecule has 1 aliphatic rings. The number of phosphoric ester groups is 1.